The van der Waals surface area contributed by atoms with E-state index in [1.54, 1.807) is 0 Å². The molecule has 0 saturated heterocycles. The first-order valence-electron chi connectivity index (χ1n) is 7.52. The van der Waals surface area contributed by atoms with Crippen LogP contribution in [0.4, 0.5) is 0 Å². The summed E-state index contributed by atoms with van der Waals surface area (Å²) in [6.07, 6.45) is 1.38. The number of ether oxygens (including phenoxy) is 2. The molecular formula is C18H18O6. The molecule has 0 aliphatic carbocycles. The fourth-order valence-corrected chi connectivity index (χ4v) is 1.93. The van der Waals surface area contributed by atoms with Crippen LogP contribution in [-0.4, -0.2) is 22.2 Å². The van der Waals surface area contributed by atoms with Gasteiger partial charge in [0.05, 0.1) is 0 Å². The van der Waals surface area contributed by atoms with Gasteiger partial charge in [0.1, 0.15) is 23.0 Å². The Bertz CT molecular complexity index is 614. The van der Waals surface area contributed by atoms with Gasteiger partial charge in [0, 0.05) is 12.8 Å². The van der Waals surface area contributed by atoms with Crippen molar-refractivity contribution in [3.8, 4) is 23.0 Å². The second-order valence-electron chi connectivity index (χ2n) is 5.14. The van der Waals surface area contributed by atoms with Crippen molar-refractivity contribution in [3.05, 3.63) is 48.5 Å². The standard InChI is InChI=1S/C18H18O6/c19-13-5-9-15(10-6-13)23-17(21)3-1-2-4-18(22)24-16-11-7-14(20)8-12-16/h5-12,19-20H,1-4H2. The van der Waals surface area contributed by atoms with Crippen molar-refractivity contribution in [2.75, 3.05) is 0 Å². The zero-order chi connectivity index (χ0) is 17.4. The molecule has 2 aromatic rings. The van der Waals surface area contributed by atoms with Crippen LogP contribution in [0, 0.1) is 0 Å². The Morgan fingerprint density at radius 1 is 0.667 bits per heavy atom. The lowest BCUT2D eigenvalue weighted by Crippen LogP contribution is -2.10. The van der Waals surface area contributed by atoms with Gasteiger partial charge in [-0.05, 0) is 61.4 Å². The van der Waals surface area contributed by atoms with Crippen LogP contribution in [0.3, 0.4) is 0 Å². The third-order valence-corrected chi connectivity index (χ3v) is 3.15. The van der Waals surface area contributed by atoms with Gasteiger partial charge in [-0.15, -0.1) is 0 Å². The minimum atomic E-state index is -0.396. The average Bonchev–Trinajstić information content (AvgIpc) is 2.56. The molecule has 0 atom stereocenters. The lowest BCUT2D eigenvalue weighted by molar-refractivity contribution is -0.136. The van der Waals surface area contributed by atoms with Crippen LogP contribution in [0.1, 0.15) is 25.7 Å². The van der Waals surface area contributed by atoms with Crippen molar-refractivity contribution in [1.29, 1.82) is 0 Å². The number of benzene rings is 2. The number of phenolic OH excluding ortho intramolecular Hbond substituents is 2. The molecule has 2 N–H and O–H groups in total. The molecule has 2 aromatic carbocycles. The quantitative estimate of drug-likeness (QED) is 0.460. The van der Waals surface area contributed by atoms with Crippen LogP contribution in [0.25, 0.3) is 0 Å². The number of hydrogen-bond acceptors (Lipinski definition) is 6. The highest BCUT2D eigenvalue weighted by molar-refractivity contribution is 5.73. The molecule has 0 spiro atoms. The molecular weight excluding hydrogens is 312 g/mol. The van der Waals surface area contributed by atoms with Gasteiger partial charge < -0.3 is 19.7 Å². The molecule has 0 unspecified atom stereocenters. The fraction of sp³-hybridized carbons (Fsp3) is 0.222. The third-order valence-electron chi connectivity index (χ3n) is 3.15. The lowest BCUT2D eigenvalue weighted by Gasteiger charge is -2.05. The summed E-state index contributed by atoms with van der Waals surface area (Å²) in [4.78, 5) is 23.3. The maximum atomic E-state index is 11.6. The van der Waals surface area contributed by atoms with Gasteiger partial charge in [-0.2, -0.15) is 0 Å². The lowest BCUT2D eigenvalue weighted by atomic mass is 10.2. The number of carbonyl (C=O) groups is 2. The van der Waals surface area contributed by atoms with Gasteiger partial charge >= 0.3 is 11.9 Å². The second-order valence-corrected chi connectivity index (χ2v) is 5.14. The predicted octanol–water partition coefficient (Wildman–Crippen LogP) is 3.17. The SMILES string of the molecule is O=C(CCCCC(=O)Oc1ccc(O)cc1)Oc1ccc(O)cc1. The number of carbonyl (C=O) groups excluding carboxylic acids is 2. The summed E-state index contributed by atoms with van der Waals surface area (Å²) in [6.45, 7) is 0. The molecule has 0 radical (unpaired) electrons. The van der Waals surface area contributed by atoms with E-state index in [0.717, 1.165) is 0 Å². The van der Waals surface area contributed by atoms with Gasteiger partial charge in [-0.25, -0.2) is 0 Å². The van der Waals surface area contributed by atoms with Crippen LogP contribution in [0.2, 0.25) is 0 Å². The highest BCUT2D eigenvalue weighted by atomic mass is 16.5. The van der Waals surface area contributed by atoms with E-state index in [1.165, 1.54) is 48.5 Å². The number of aromatic hydroxyl groups is 2. The molecule has 0 bridgehead atoms. The average molecular weight is 330 g/mol. The topological polar surface area (TPSA) is 93.1 Å². The second kappa shape index (κ2) is 8.57. The summed E-state index contributed by atoms with van der Waals surface area (Å²) in [5, 5.41) is 18.3. The van der Waals surface area contributed by atoms with E-state index in [2.05, 4.69) is 0 Å². The Morgan fingerprint density at radius 2 is 1.00 bits per heavy atom. The number of hydrogen-bond donors (Lipinski definition) is 2. The van der Waals surface area contributed by atoms with E-state index in [-0.39, 0.29) is 24.3 Å². The van der Waals surface area contributed by atoms with Crippen molar-refractivity contribution < 1.29 is 29.3 Å². The van der Waals surface area contributed by atoms with Gasteiger partial charge in [-0.1, -0.05) is 0 Å². The zero-order valence-electron chi connectivity index (χ0n) is 13.0. The van der Waals surface area contributed by atoms with Crippen molar-refractivity contribution in [2.24, 2.45) is 0 Å². The van der Waals surface area contributed by atoms with Crippen molar-refractivity contribution in [2.45, 2.75) is 25.7 Å². The van der Waals surface area contributed by atoms with Crippen molar-refractivity contribution >= 4 is 11.9 Å². The predicted molar refractivity (Wildman–Crippen MR) is 86.0 cm³/mol. The summed E-state index contributed by atoms with van der Waals surface area (Å²) >= 11 is 0. The summed E-state index contributed by atoms with van der Waals surface area (Å²) in [7, 11) is 0. The van der Waals surface area contributed by atoms with E-state index in [9.17, 15) is 9.59 Å². The first-order chi connectivity index (χ1) is 11.5. The molecule has 126 valence electrons. The highest BCUT2D eigenvalue weighted by Gasteiger charge is 2.08. The van der Waals surface area contributed by atoms with Gasteiger partial charge in [-0.3, -0.25) is 9.59 Å². The summed E-state index contributed by atoms with van der Waals surface area (Å²) in [5.74, 6) is 0.137. The Balaban J connectivity index is 1.63. The van der Waals surface area contributed by atoms with Gasteiger partial charge in [0.25, 0.3) is 0 Å². The molecule has 0 fully saturated rings. The minimum Gasteiger partial charge on any atom is -0.508 e. The van der Waals surface area contributed by atoms with E-state index in [0.29, 0.717) is 24.3 Å². The monoisotopic (exact) mass is 330 g/mol. The number of unbranched alkanes of at least 4 members (excludes halogenated alkanes) is 1. The minimum absolute atomic E-state index is 0.0990. The van der Waals surface area contributed by atoms with E-state index in [1.807, 2.05) is 0 Å². The summed E-state index contributed by atoms with van der Waals surface area (Å²) in [6, 6.07) is 11.7. The Kier molecular flexibility index (Phi) is 6.19. The number of phenols is 2. The molecule has 0 aliphatic rings. The first kappa shape index (κ1) is 17.3. The van der Waals surface area contributed by atoms with Crippen LogP contribution >= 0.6 is 0 Å². The third kappa shape index (κ3) is 6.00. The maximum absolute atomic E-state index is 11.6. The molecule has 2 rings (SSSR count). The van der Waals surface area contributed by atoms with Crippen LogP contribution in [-0.2, 0) is 9.59 Å². The smallest absolute Gasteiger partial charge is 0.311 e. The molecule has 0 heterocycles. The molecule has 24 heavy (non-hydrogen) atoms. The first-order valence-corrected chi connectivity index (χ1v) is 7.52. The van der Waals surface area contributed by atoms with Crippen molar-refractivity contribution in [3.63, 3.8) is 0 Å². The Labute approximate surface area is 139 Å². The molecule has 6 heteroatoms. The Morgan fingerprint density at radius 3 is 1.33 bits per heavy atom. The largest absolute Gasteiger partial charge is 0.508 e. The summed E-state index contributed by atoms with van der Waals surface area (Å²) < 4.78 is 10.2. The normalized spacial score (nSPS) is 10.2. The van der Waals surface area contributed by atoms with E-state index < -0.39 is 11.9 Å². The number of esters is 2. The van der Waals surface area contributed by atoms with E-state index in [4.69, 9.17) is 19.7 Å². The van der Waals surface area contributed by atoms with Crippen LogP contribution in [0.15, 0.2) is 48.5 Å². The molecule has 0 saturated carbocycles. The molecule has 0 aromatic heterocycles. The highest BCUT2D eigenvalue weighted by Crippen LogP contribution is 2.18. The van der Waals surface area contributed by atoms with Gasteiger partial charge in [0.15, 0.2) is 0 Å². The van der Waals surface area contributed by atoms with Crippen molar-refractivity contribution in [1.82, 2.24) is 0 Å². The number of rotatable bonds is 7. The van der Waals surface area contributed by atoms with E-state index >= 15 is 0 Å². The van der Waals surface area contributed by atoms with Crippen LogP contribution in [0.5, 0.6) is 23.0 Å². The summed E-state index contributed by atoms with van der Waals surface area (Å²) in [5.41, 5.74) is 0. The zero-order valence-corrected chi connectivity index (χ0v) is 13.0. The molecule has 0 amide bonds. The van der Waals surface area contributed by atoms with Crippen LogP contribution < -0.4 is 9.47 Å². The molecule has 0 aliphatic heterocycles. The Hall–Kier alpha value is -3.02. The van der Waals surface area contributed by atoms with Gasteiger partial charge in [0.2, 0.25) is 0 Å². The fourth-order valence-electron chi connectivity index (χ4n) is 1.93. The maximum Gasteiger partial charge on any atom is 0.311 e. The molecule has 6 nitrogen and oxygen atoms in total.